The van der Waals surface area contributed by atoms with Crippen molar-refractivity contribution in [2.75, 3.05) is 19.6 Å². The molecule has 0 bridgehead atoms. The van der Waals surface area contributed by atoms with Gasteiger partial charge in [-0.15, -0.1) is 0 Å². The normalized spacial score (nSPS) is 17.2. The SMILES string of the molecule is CC(C)(C)C(=O)N1CCN(Cc2ccc(-c3ccccc3Cl)cc2)C[C@@H]1Cc1ccccc1. The summed E-state index contributed by atoms with van der Waals surface area (Å²) in [4.78, 5) is 17.8. The summed E-state index contributed by atoms with van der Waals surface area (Å²) in [6, 6.07) is 27.3. The van der Waals surface area contributed by atoms with E-state index in [9.17, 15) is 4.79 Å². The number of amides is 1. The highest BCUT2D eigenvalue weighted by Gasteiger charge is 2.35. The summed E-state index contributed by atoms with van der Waals surface area (Å²) >= 11 is 6.37. The molecular weight excluding hydrogens is 428 g/mol. The standard InChI is InChI=1S/C29H33ClN2O/c1-29(2,3)28(33)32-18-17-31(21-25(32)19-22-9-5-4-6-10-22)20-23-13-15-24(16-14-23)26-11-7-8-12-27(26)30/h4-16,25H,17-21H2,1-3H3/t25-/m0/s1. The average Bonchev–Trinajstić information content (AvgIpc) is 2.80. The van der Waals surface area contributed by atoms with Gasteiger partial charge in [0.05, 0.1) is 0 Å². The van der Waals surface area contributed by atoms with Crippen molar-refractivity contribution in [3.8, 4) is 11.1 Å². The van der Waals surface area contributed by atoms with Gasteiger partial charge in [-0.25, -0.2) is 0 Å². The van der Waals surface area contributed by atoms with Crippen LogP contribution in [0.15, 0.2) is 78.9 Å². The van der Waals surface area contributed by atoms with Crippen molar-refractivity contribution in [1.82, 2.24) is 9.80 Å². The molecule has 0 aromatic heterocycles. The van der Waals surface area contributed by atoms with Crippen molar-refractivity contribution in [2.45, 2.75) is 39.8 Å². The first kappa shape index (κ1) is 23.5. The van der Waals surface area contributed by atoms with E-state index in [-0.39, 0.29) is 17.4 Å². The molecule has 0 spiro atoms. The van der Waals surface area contributed by atoms with E-state index < -0.39 is 0 Å². The molecule has 3 aromatic carbocycles. The van der Waals surface area contributed by atoms with Gasteiger partial charge < -0.3 is 4.90 Å². The summed E-state index contributed by atoms with van der Waals surface area (Å²) in [7, 11) is 0. The van der Waals surface area contributed by atoms with Crippen LogP contribution in [0.1, 0.15) is 31.9 Å². The summed E-state index contributed by atoms with van der Waals surface area (Å²) < 4.78 is 0. The molecule has 0 aliphatic carbocycles. The van der Waals surface area contributed by atoms with Crippen LogP contribution < -0.4 is 0 Å². The predicted molar refractivity (Wildman–Crippen MR) is 137 cm³/mol. The molecule has 0 saturated carbocycles. The fraction of sp³-hybridized carbons (Fsp3) is 0.345. The number of rotatable bonds is 5. The fourth-order valence-electron chi connectivity index (χ4n) is 4.57. The van der Waals surface area contributed by atoms with Gasteiger partial charge in [-0.2, -0.15) is 0 Å². The molecule has 0 radical (unpaired) electrons. The molecule has 1 atom stereocenters. The van der Waals surface area contributed by atoms with Crippen molar-refractivity contribution >= 4 is 17.5 Å². The number of halogens is 1. The minimum Gasteiger partial charge on any atom is -0.336 e. The monoisotopic (exact) mass is 460 g/mol. The quantitative estimate of drug-likeness (QED) is 0.445. The molecule has 1 amide bonds. The number of hydrogen-bond donors (Lipinski definition) is 0. The maximum absolute atomic E-state index is 13.2. The van der Waals surface area contributed by atoms with Crippen molar-refractivity contribution < 1.29 is 4.79 Å². The number of nitrogens with zero attached hydrogens (tertiary/aromatic N) is 2. The highest BCUT2D eigenvalue weighted by atomic mass is 35.5. The summed E-state index contributed by atoms with van der Waals surface area (Å²) in [6.07, 6.45) is 0.880. The molecule has 1 aliphatic heterocycles. The summed E-state index contributed by atoms with van der Waals surface area (Å²) in [6.45, 7) is 9.46. The van der Waals surface area contributed by atoms with Gasteiger partial charge in [-0.3, -0.25) is 9.69 Å². The van der Waals surface area contributed by atoms with Gasteiger partial charge in [-0.05, 0) is 29.2 Å². The molecule has 4 heteroatoms. The molecule has 0 N–H and O–H groups in total. The van der Waals surface area contributed by atoms with Gasteiger partial charge in [-0.1, -0.05) is 105 Å². The van der Waals surface area contributed by atoms with Crippen molar-refractivity contribution in [2.24, 2.45) is 5.41 Å². The lowest BCUT2D eigenvalue weighted by Gasteiger charge is -2.44. The number of carbonyl (C=O) groups is 1. The average molecular weight is 461 g/mol. The maximum Gasteiger partial charge on any atom is 0.228 e. The van der Waals surface area contributed by atoms with Crippen LogP contribution in [-0.2, 0) is 17.8 Å². The van der Waals surface area contributed by atoms with E-state index in [1.54, 1.807) is 0 Å². The minimum atomic E-state index is -0.369. The smallest absolute Gasteiger partial charge is 0.228 e. The Morgan fingerprint density at radius 2 is 1.55 bits per heavy atom. The predicted octanol–water partition coefficient (Wildman–Crippen LogP) is 6.31. The second kappa shape index (κ2) is 10.1. The lowest BCUT2D eigenvalue weighted by atomic mass is 9.92. The second-order valence-electron chi connectivity index (χ2n) is 10.0. The zero-order valence-electron chi connectivity index (χ0n) is 19.8. The molecular formula is C29H33ClN2O. The van der Waals surface area contributed by atoms with Gasteiger partial charge in [0.2, 0.25) is 5.91 Å². The highest BCUT2D eigenvalue weighted by Crippen LogP contribution is 2.28. The van der Waals surface area contributed by atoms with E-state index in [0.29, 0.717) is 0 Å². The third-order valence-corrected chi connectivity index (χ3v) is 6.66. The van der Waals surface area contributed by atoms with Gasteiger partial charge in [0, 0.05) is 48.2 Å². The lowest BCUT2D eigenvalue weighted by Crippen LogP contribution is -2.57. The van der Waals surface area contributed by atoms with E-state index in [1.807, 2.05) is 45.0 Å². The van der Waals surface area contributed by atoms with Gasteiger partial charge in [0.25, 0.3) is 0 Å². The van der Waals surface area contributed by atoms with Crippen LogP contribution in [0.2, 0.25) is 5.02 Å². The van der Waals surface area contributed by atoms with Gasteiger partial charge in [0.15, 0.2) is 0 Å². The summed E-state index contributed by atoms with van der Waals surface area (Å²) in [5.41, 5.74) is 4.38. The largest absolute Gasteiger partial charge is 0.336 e. The minimum absolute atomic E-state index is 0.176. The first-order chi connectivity index (χ1) is 15.8. The van der Waals surface area contributed by atoms with Gasteiger partial charge >= 0.3 is 0 Å². The van der Waals surface area contributed by atoms with Crippen LogP contribution in [0.3, 0.4) is 0 Å². The van der Waals surface area contributed by atoms with E-state index in [0.717, 1.165) is 48.7 Å². The van der Waals surface area contributed by atoms with Crippen molar-refractivity contribution in [3.63, 3.8) is 0 Å². The molecule has 172 valence electrons. The van der Waals surface area contributed by atoms with Crippen LogP contribution in [0.4, 0.5) is 0 Å². The number of hydrogen-bond acceptors (Lipinski definition) is 2. The van der Waals surface area contributed by atoms with E-state index in [2.05, 4.69) is 64.4 Å². The van der Waals surface area contributed by atoms with Gasteiger partial charge in [0.1, 0.15) is 0 Å². The molecule has 1 saturated heterocycles. The fourth-order valence-corrected chi connectivity index (χ4v) is 4.81. The zero-order valence-corrected chi connectivity index (χ0v) is 20.6. The number of piperazine rings is 1. The Bertz CT molecular complexity index is 1070. The first-order valence-electron chi connectivity index (χ1n) is 11.7. The van der Waals surface area contributed by atoms with Crippen molar-refractivity contribution in [3.05, 3.63) is 95.0 Å². The highest BCUT2D eigenvalue weighted by molar-refractivity contribution is 6.33. The molecule has 1 heterocycles. The Balaban J connectivity index is 1.47. The first-order valence-corrected chi connectivity index (χ1v) is 12.1. The molecule has 3 aromatic rings. The van der Waals surface area contributed by atoms with Crippen LogP contribution in [0, 0.1) is 5.41 Å². The molecule has 33 heavy (non-hydrogen) atoms. The molecule has 3 nitrogen and oxygen atoms in total. The number of carbonyl (C=O) groups excluding carboxylic acids is 1. The maximum atomic E-state index is 13.2. The van der Waals surface area contributed by atoms with Crippen molar-refractivity contribution in [1.29, 1.82) is 0 Å². The van der Waals surface area contributed by atoms with E-state index in [4.69, 9.17) is 11.6 Å². The molecule has 4 rings (SSSR count). The Kier molecular flexibility index (Phi) is 7.21. The second-order valence-corrected chi connectivity index (χ2v) is 10.4. The molecule has 1 fully saturated rings. The molecule has 1 aliphatic rings. The van der Waals surface area contributed by atoms with E-state index >= 15 is 0 Å². The molecule has 0 unspecified atom stereocenters. The Labute approximate surface area is 203 Å². The van der Waals surface area contributed by atoms with Crippen LogP contribution in [0.5, 0.6) is 0 Å². The number of benzene rings is 3. The lowest BCUT2D eigenvalue weighted by molar-refractivity contribution is -0.144. The Morgan fingerprint density at radius 1 is 0.879 bits per heavy atom. The Morgan fingerprint density at radius 3 is 2.21 bits per heavy atom. The van der Waals surface area contributed by atoms with E-state index in [1.165, 1.54) is 11.1 Å². The summed E-state index contributed by atoms with van der Waals surface area (Å²) in [5.74, 6) is 0.243. The summed E-state index contributed by atoms with van der Waals surface area (Å²) in [5, 5.41) is 0.772. The van der Waals surface area contributed by atoms with Crippen LogP contribution in [0.25, 0.3) is 11.1 Å². The third kappa shape index (κ3) is 5.85. The topological polar surface area (TPSA) is 23.6 Å². The van der Waals surface area contributed by atoms with Crippen LogP contribution >= 0.6 is 11.6 Å². The third-order valence-electron chi connectivity index (χ3n) is 6.33. The Hall–Kier alpha value is -2.62. The zero-order chi connectivity index (χ0) is 23.4. The van der Waals surface area contributed by atoms with Crippen LogP contribution in [-0.4, -0.2) is 41.4 Å².